The van der Waals surface area contributed by atoms with Gasteiger partial charge in [-0.1, -0.05) is 45.0 Å². The number of nitrogens with zero attached hydrogens (tertiary/aromatic N) is 3. The summed E-state index contributed by atoms with van der Waals surface area (Å²) in [6.07, 6.45) is 1.44. The molecule has 0 aliphatic carbocycles. The summed E-state index contributed by atoms with van der Waals surface area (Å²) in [6.45, 7) is 10.7. The van der Waals surface area contributed by atoms with Crippen LogP contribution in [0.25, 0.3) is 22.4 Å². The molecule has 0 unspecified atom stereocenters. The first-order chi connectivity index (χ1) is 13.0. The van der Waals surface area contributed by atoms with Gasteiger partial charge < -0.3 is 5.11 Å². The maximum atomic E-state index is 12.8. The predicted molar refractivity (Wildman–Crippen MR) is 114 cm³/mol. The Bertz CT molecular complexity index is 1050. The van der Waals surface area contributed by atoms with Gasteiger partial charge in [0.25, 0.3) is 0 Å². The van der Waals surface area contributed by atoms with Gasteiger partial charge in [-0.05, 0) is 49.8 Å². The minimum atomic E-state index is -0.710. The van der Waals surface area contributed by atoms with Gasteiger partial charge in [-0.2, -0.15) is 0 Å². The minimum absolute atomic E-state index is 0.000475. The van der Waals surface area contributed by atoms with Crippen molar-refractivity contribution >= 4 is 11.2 Å². The molecule has 0 aliphatic heterocycles. The Morgan fingerprint density at radius 2 is 1.71 bits per heavy atom. The van der Waals surface area contributed by atoms with E-state index in [-0.39, 0.29) is 11.1 Å². The Kier molecular flexibility index (Phi) is 5.24. The predicted octanol–water partition coefficient (Wildman–Crippen LogP) is 4.15. The maximum Gasteiger partial charge on any atom is 0.330 e. The van der Waals surface area contributed by atoms with Crippen LogP contribution in [0, 0.1) is 5.41 Å². The largest absolute Gasteiger partial charge is 0.390 e. The molecule has 0 fully saturated rings. The van der Waals surface area contributed by atoms with Crippen LogP contribution >= 0.6 is 0 Å². The monoisotopic (exact) mass is 381 g/mol. The second kappa shape index (κ2) is 7.21. The van der Waals surface area contributed by atoms with E-state index < -0.39 is 5.60 Å². The first kappa shape index (κ1) is 20.3. The fourth-order valence-corrected chi connectivity index (χ4v) is 3.48. The normalized spacial score (nSPS) is 12.7. The van der Waals surface area contributed by atoms with E-state index in [0.29, 0.717) is 18.6 Å². The SMILES string of the molecule is Cn1c(=O)n(CC(C)(C)C)c2ccc(-c3ccccc3CCC(C)(C)O)nc21. The Labute approximate surface area is 166 Å². The zero-order valence-electron chi connectivity index (χ0n) is 17.8. The van der Waals surface area contributed by atoms with Crippen LogP contribution in [0.15, 0.2) is 41.2 Å². The average Bonchev–Trinajstić information content (AvgIpc) is 2.83. The van der Waals surface area contributed by atoms with E-state index in [9.17, 15) is 9.90 Å². The molecule has 0 saturated carbocycles. The molecule has 150 valence electrons. The molecule has 0 atom stereocenters. The summed E-state index contributed by atoms with van der Waals surface area (Å²) in [7, 11) is 1.78. The summed E-state index contributed by atoms with van der Waals surface area (Å²) in [4.78, 5) is 17.6. The quantitative estimate of drug-likeness (QED) is 0.722. The molecule has 0 aliphatic rings. The highest BCUT2D eigenvalue weighted by Gasteiger charge is 2.19. The summed E-state index contributed by atoms with van der Waals surface area (Å²) in [5.74, 6) is 0. The van der Waals surface area contributed by atoms with Crippen LogP contribution in [0.2, 0.25) is 0 Å². The van der Waals surface area contributed by atoms with Crippen LogP contribution < -0.4 is 5.69 Å². The standard InChI is InChI=1S/C23H31N3O2/c1-22(2,3)15-26-19-12-11-18(24-20(19)25(6)21(26)27)17-10-8-7-9-16(17)13-14-23(4,5)28/h7-12,28H,13-15H2,1-6H3. The number of fused-ring (bicyclic) bond motifs is 1. The molecule has 5 heteroatoms. The van der Waals surface area contributed by atoms with Gasteiger partial charge in [0.2, 0.25) is 0 Å². The van der Waals surface area contributed by atoms with Crippen molar-refractivity contribution in [2.24, 2.45) is 12.5 Å². The Hall–Kier alpha value is -2.40. The van der Waals surface area contributed by atoms with E-state index in [1.165, 1.54) is 0 Å². The van der Waals surface area contributed by atoms with E-state index in [0.717, 1.165) is 28.8 Å². The molecular weight excluding hydrogens is 350 g/mol. The van der Waals surface area contributed by atoms with Gasteiger partial charge in [-0.15, -0.1) is 0 Å². The van der Waals surface area contributed by atoms with E-state index in [4.69, 9.17) is 4.98 Å². The third-order valence-electron chi connectivity index (χ3n) is 4.91. The molecule has 2 heterocycles. The summed E-state index contributed by atoms with van der Waals surface area (Å²) in [6, 6.07) is 12.1. The van der Waals surface area contributed by atoms with E-state index in [1.807, 2.05) is 42.7 Å². The number of hydrogen-bond acceptors (Lipinski definition) is 3. The van der Waals surface area contributed by atoms with Crippen molar-refractivity contribution in [3.8, 4) is 11.3 Å². The van der Waals surface area contributed by atoms with Gasteiger partial charge in [-0.3, -0.25) is 9.13 Å². The van der Waals surface area contributed by atoms with Gasteiger partial charge in [0, 0.05) is 19.2 Å². The molecule has 2 aromatic heterocycles. The molecule has 5 nitrogen and oxygen atoms in total. The van der Waals surface area contributed by atoms with Crippen LogP contribution in [-0.4, -0.2) is 24.8 Å². The number of rotatable bonds is 5. The summed E-state index contributed by atoms with van der Waals surface area (Å²) >= 11 is 0. The summed E-state index contributed by atoms with van der Waals surface area (Å²) < 4.78 is 3.44. The molecule has 3 rings (SSSR count). The third kappa shape index (κ3) is 4.36. The van der Waals surface area contributed by atoms with Crippen LogP contribution in [0.4, 0.5) is 0 Å². The molecule has 1 aromatic carbocycles. The van der Waals surface area contributed by atoms with Crippen molar-refractivity contribution in [2.45, 2.75) is 59.6 Å². The van der Waals surface area contributed by atoms with Crippen LogP contribution in [0.3, 0.4) is 0 Å². The highest BCUT2D eigenvalue weighted by molar-refractivity contribution is 5.77. The van der Waals surface area contributed by atoms with Crippen molar-refractivity contribution in [1.82, 2.24) is 14.1 Å². The lowest BCUT2D eigenvalue weighted by Crippen LogP contribution is -2.27. The molecular formula is C23H31N3O2. The lowest BCUT2D eigenvalue weighted by atomic mass is 9.94. The number of benzene rings is 1. The zero-order valence-corrected chi connectivity index (χ0v) is 17.8. The fraction of sp³-hybridized carbons (Fsp3) is 0.478. The molecule has 3 aromatic rings. The second-order valence-corrected chi connectivity index (χ2v) is 9.50. The zero-order chi connectivity index (χ0) is 20.7. The van der Waals surface area contributed by atoms with Crippen LogP contribution in [-0.2, 0) is 20.0 Å². The lowest BCUT2D eigenvalue weighted by Gasteiger charge is -2.19. The molecule has 1 N–H and O–H groups in total. The molecule has 0 saturated heterocycles. The van der Waals surface area contributed by atoms with Gasteiger partial charge in [0.15, 0.2) is 5.65 Å². The van der Waals surface area contributed by atoms with Crippen molar-refractivity contribution in [1.29, 1.82) is 0 Å². The number of pyridine rings is 1. The molecule has 28 heavy (non-hydrogen) atoms. The molecule has 0 spiro atoms. The average molecular weight is 382 g/mol. The summed E-state index contributed by atoms with van der Waals surface area (Å²) in [5, 5.41) is 10.1. The van der Waals surface area contributed by atoms with E-state index >= 15 is 0 Å². The molecule has 0 amide bonds. The number of aromatic nitrogens is 3. The van der Waals surface area contributed by atoms with Crippen molar-refractivity contribution in [2.75, 3.05) is 0 Å². The van der Waals surface area contributed by atoms with E-state index in [1.54, 1.807) is 11.6 Å². The van der Waals surface area contributed by atoms with Crippen LogP contribution in [0.1, 0.15) is 46.6 Å². The summed E-state index contributed by atoms with van der Waals surface area (Å²) in [5.41, 5.74) is 3.86. The lowest BCUT2D eigenvalue weighted by molar-refractivity contribution is 0.0714. The maximum absolute atomic E-state index is 12.8. The fourth-order valence-electron chi connectivity index (χ4n) is 3.48. The van der Waals surface area contributed by atoms with E-state index in [2.05, 4.69) is 32.9 Å². The van der Waals surface area contributed by atoms with Gasteiger partial charge >= 0.3 is 5.69 Å². The van der Waals surface area contributed by atoms with Crippen LogP contribution in [0.5, 0.6) is 0 Å². The first-order valence-corrected chi connectivity index (χ1v) is 9.83. The highest BCUT2D eigenvalue weighted by atomic mass is 16.3. The van der Waals surface area contributed by atoms with Gasteiger partial charge in [-0.25, -0.2) is 9.78 Å². The number of hydrogen-bond donors (Lipinski definition) is 1. The highest BCUT2D eigenvalue weighted by Crippen LogP contribution is 2.27. The van der Waals surface area contributed by atoms with Crippen molar-refractivity contribution < 1.29 is 5.11 Å². The topological polar surface area (TPSA) is 60.0 Å². The van der Waals surface area contributed by atoms with Gasteiger partial charge in [0.05, 0.1) is 16.8 Å². The van der Waals surface area contributed by atoms with Crippen molar-refractivity contribution in [3.63, 3.8) is 0 Å². The minimum Gasteiger partial charge on any atom is -0.390 e. The number of imidazole rings is 1. The van der Waals surface area contributed by atoms with Crippen molar-refractivity contribution in [3.05, 3.63) is 52.4 Å². The number of aliphatic hydroxyl groups is 1. The Morgan fingerprint density at radius 3 is 2.36 bits per heavy atom. The third-order valence-corrected chi connectivity index (χ3v) is 4.91. The Morgan fingerprint density at radius 1 is 1.04 bits per heavy atom. The second-order valence-electron chi connectivity index (χ2n) is 9.50. The van der Waals surface area contributed by atoms with Gasteiger partial charge in [0.1, 0.15) is 0 Å². The molecule has 0 radical (unpaired) electrons. The number of aryl methyl sites for hydroxylation is 2. The smallest absolute Gasteiger partial charge is 0.330 e. The molecule has 0 bridgehead atoms. The Balaban J connectivity index is 2.07. The first-order valence-electron chi connectivity index (χ1n) is 9.83.